The van der Waals surface area contributed by atoms with Crippen LogP contribution in [0.3, 0.4) is 0 Å². The fourth-order valence-corrected chi connectivity index (χ4v) is 3.67. The highest BCUT2D eigenvalue weighted by molar-refractivity contribution is 5.76. The van der Waals surface area contributed by atoms with Crippen LogP contribution >= 0.6 is 0 Å². The summed E-state index contributed by atoms with van der Waals surface area (Å²) in [4.78, 5) is 17.2. The van der Waals surface area contributed by atoms with Crippen LogP contribution in [0.4, 0.5) is 0 Å². The number of amides is 1. The maximum absolute atomic E-state index is 12.6. The number of benzene rings is 1. The van der Waals surface area contributed by atoms with Gasteiger partial charge in [-0.05, 0) is 39.2 Å². The molecule has 0 N–H and O–H groups in total. The summed E-state index contributed by atoms with van der Waals surface area (Å²) in [5.74, 6) is 0.284. The van der Waals surface area contributed by atoms with Crippen LogP contribution in [0.1, 0.15) is 37.8 Å². The Hall–Kier alpha value is -1.39. The van der Waals surface area contributed by atoms with Crippen molar-refractivity contribution in [1.82, 2.24) is 9.80 Å². The van der Waals surface area contributed by atoms with Gasteiger partial charge in [-0.1, -0.05) is 29.8 Å². The number of hydrogen-bond acceptors (Lipinski definition) is 3. The highest BCUT2D eigenvalue weighted by Gasteiger charge is 2.30. The van der Waals surface area contributed by atoms with Gasteiger partial charge in [0.05, 0.1) is 0 Å². The van der Waals surface area contributed by atoms with Crippen LogP contribution in [0.5, 0.6) is 0 Å². The van der Waals surface area contributed by atoms with Crippen molar-refractivity contribution in [2.24, 2.45) is 0 Å². The molecule has 1 aliphatic heterocycles. The first-order valence-corrected chi connectivity index (χ1v) is 9.09. The van der Waals surface area contributed by atoms with Gasteiger partial charge < -0.3 is 9.64 Å². The molecule has 4 heteroatoms. The number of nitrogens with zero attached hydrogens (tertiary/aromatic N) is 2. The highest BCUT2D eigenvalue weighted by atomic mass is 16.5. The molecule has 2 unspecified atom stereocenters. The molecule has 1 heterocycles. The molecule has 1 aliphatic rings. The molecule has 134 valence electrons. The molecule has 0 spiro atoms. The Morgan fingerprint density at radius 2 is 1.96 bits per heavy atom. The number of ether oxygens (including phenoxy) is 1. The number of rotatable bonds is 7. The lowest BCUT2D eigenvalue weighted by Gasteiger charge is -2.44. The second-order valence-electron chi connectivity index (χ2n) is 7.07. The minimum Gasteiger partial charge on any atom is -0.385 e. The molecular formula is C20H32N2O2. The van der Waals surface area contributed by atoms with Crippen molar-refractivity contribution in [3.63, 3.8) is 0 Å². The Labute approximate surface area is 146 Å². The average Bonchev–Trinajstić information content (AvgIpc) is 2.55. The second kappa shape index (κ2) is 9.19. The van der Waals surface area contributed by atoms with Gasteiger partial charge in [-0.2, -0.15) is 0 Å². The van der Waals surface area contributed by atoms with E-state index in [1.54, 1.807) is 7.11 Å². The van der Waals surface area contributed by atoms with Crippen molar-refractivity contribution in [3.8, 4) is 0 Å². The van der Waals surface area contributed by atoms with E-state index in [9.17, 15) is 4.79 Å². The van der Waals surface area contributed by atoms with Crippen molar-refractivity contribution >= 4 is 5.91 Å². The van der Waals surface area contributed by atoms with E-state index in [4.69, 9.17) is 4.74 Å². The first kappa shape index (κ1) is 18.9. The lowest BCUT2D eigenvalue weighted by Crippen LogP contribution is -2.58. The number of hydrogen-bond donors (Lipinski definition) is 0. The fourth-order valence-electron chi connectivity index (χ4n) is 3.67. The first-order valence-electron chi connectivity index (χ1n) is 9.09. The zero-order valence-electron chi connectivity index (χ0n) is 15.6. The molecule has 4 nitrogen and oxygen atoms in total. The van der Waals surface area contributed by atoms with E-state index in [0.717, 1.165) is 39.1 Å². The van der Waals surface area contributed by atoms with E-state index in [2.05, 4.69) is 54.8 Å². The molecule has 1 amide bonds. The molecule has 1 aromatic rings. The topological polar surface area (TPSA) is 32.8 Å². The van der Waals surface area contributed by atoms with Gasteiger partial charge in [0.15, 0.2) is 0 Å². The van der Waals surface area contributed by atoms with Gasteiger partial charge in [-0.25, -0.2) is 0 Å². The third kappa shape index (κ3) is 5.32. The van der Waals surface area contributed by atoms with Gasteiger partial charge in [-0.3, -0.25) is 9.69 Å². The molecule has 0 bridgehead atoms. The minimum absolute atomic E-state index is 0.284. The summed E-state index contributed by atoms with van der Waals surface area (Å²) in [5, 5.41) is 0. The van der Waals surface area contributed by atoms with Crippen LogP contribution in [-0.2, 0) is 16.0 Å². The van der Waals surface area contributed by atoms with Crippen molar-refractivity contribution in [2.45, 2.75) is 52.1 Å². The molecule has 24 heavy (non-hydrogen) atoms. The minimum atomic E-state index is 0.284. The van der Waals surface area contributed by atoms with Crippen LogP contribution < -0.4 is 0 Å². The highest BCUT2D eigenvalue weighted by Crippen LogP contribution is 2.17. The van der Waals surface area contributed by atoms with E-state index in [1.165, 1.54) is 11.1 Å². The average molecular weight is 332 g/mol. The zero-order valence-corrected chi connectivity index (χ0v) is 15.6. The summed E-state index contributed by atoms with van der Waals surface area (Å²) in [7, 11) is 1.75. The van der Waals surface area contributed by atoms with Crippen molar-refractivity contribution in [3.05, 3.63) is 35.4 Å². The Balaban J connectivity index is 1.83. The van der Waals surface area contributed by atoms with E-state index in [0.29, 0.717) is 18.5 Å². The monoisotopic (exact) mass is 332 g/mol. The zero-order chi connectivity index (χ0) is 17.5. The number of piperazine rings is 1. The van der Waals surface area contributed by atoms with Gasteiger partial charge >= 0.3 is 0 Å². The molecule has 0 saturated carbocycles. The predicted molar refractivity (Wildman–Crippen MR) is 98.2 cm³/mol. The lowest BCUT2D eigenvalue weighted by atomic mass is 10.0. The normalized spacial score (nSPS) is 21.9. The Bertz CT molecular complexity index is 520. The summed E-state index contributed by atoms with van der Waals surface area (Å²) in [6, 6.07) is 9.27. The van der Waals surface area contributed by atoms with Gasteiger partial charge in [0.2, 0.25) is 5.91 Å². The summed E-state index contributed by atoms with van der Waals surface area (Å²) >= 11 is 0. The molecule has 1 saturated heterocycles. The Morgan fingerprint density at radius 1 is 1.25 bits per heavy atom. The maximum atomic E-state index is 12.6. The third-order valence-electron chi connectivity index (χ3n) is 4.93. The van der Waals surface area contributed by atoms with Crippen LogP contribution in [0, 0.1) is 6.92 Å². The molecule has 0 radical (unpaired) electrons. The van der Waals surface area contributed by atoms with Gasteiger partial charge in [0, 0.05) is 51.9 Å². The Morgan fingerprint density at radius 3 is 2.58 bits per heavy atom. The van der Waals surface area contributed by atoms with E-state index >= 15 is 0 Å². The molecular weight excluding hydrogens is 300 g/mol. The van der Waals surface area contributed by atoms with Crippen molar-refractivity contribution < 1.29 is 9.53 Å². The van der Waals surface area contributed by atoms with E-state index in [1.807, 2.05) is 0 Å². The quantitative estimate of drug-likeness (QED) is 0.720. The van der Waals surface area contributed by atoms with E-state index < -0.39 is 0 Å². The van der Waals surface area contributed by atoms with Gasteiger partial charge in [0.1, 0.15) is 0 Å². The lowest BCUT2D eigenvalue weighted by molar-refractivity contribution is -0.135. The van der Waals surface area contributed by atoms with Crippen molar-refractivity contribution in [1.29, 1.82) is 0 Å². The molecule has 1 fully saturated rings. The predicted octanol–water partition coefficient (Wildman–Crippen LogP) is 2.89. The maximum Gasteiger partial charge on any atom is 0.223 e. The molecule has 2 atom stereocenters. The van der Waals surface area contributed by atoms with Crippen LogP contribution in [0.2, 0.25) is 0 Å². The summed E-state index contributed by atoms with van der Waals surface area (Å²) in [6.45, 7) is 10.1. The largest absolute Gasteiger partial charge is 0.385 e. The molecule has 1 aromatic carbocycles. The number of aryl methyl sites for hydroxylation is 2. The van der Waals surface area contributed by atoms with E-state index in [-0.39, 0.29) is 5.91 Å². The SMILES string of the molecule is COCCCN1C(C)CN(C(=O)CCc2cccc(C)c2)CC1C. The molecule has 2 rings (SSSR count). The third-order valence-corrected chi connectivity index (χ3v) is 4.93. The Kier molecular flexibility index (Phi) is 7.25. The smallest absolute Gasteiger partial charge is 0.223 e. The molecule has 0 aliphatic carbocycles. The summed E-state index contributed by atoms with van der Waals surface area (Å²) in [5.41, 5.74) is 2.51. The van der Waals surface area contributed by atoms with Crippen LogP contribution in [0.25, 0.3) is 0 Å². The number of methoxy groups -OCH3 is 1. The van der Waals surface area contributed by atoms with Crippen molar-refractivity contribution in [2.75, 3.05) is 33.4 Å². The standard InChI is InChI=1S/C20H32N2O2/c1-16-7-5-8-19(13-16)9-10-20(23)21-14-17(2)22(18(3)15-21)11-6-12-24-4/h5,7-8,13,17-18H,6,9-12,14-15H2,1-4H3. The number of carbonyl (C=O) groups is 1. The summed E-state index contributed by atoms with van der Waals surface area (Å²) in [6.07, 6.45) is 2.48. The first-order chi connectivity index (χ1) is 11.5. The van der Waals surface area contributed by atoms with Gasteiger partial charge in [-0.15, -0.1) is 0 Å². The molecule has 0 aromatic heterocycles. The van der Waals surface area contributed by atoms with Crippen LogP contribution in [-0.4, -0.2) is 61.1 Å². The second-order valence-corrected chi connectivity index (χ2v) is 7.07. The number of carbonyl (C=O) groups excluding carboxylic acids is 1. The fraction of sp³-hybridized carbons (Fsp3) is 0.650. The van der Waals surface area contributed by atoms with Gasteiger partial charge in [0.25, 0.3) is 0 Å². The summed E-state index contributed by atoms with van der Waals surface area (Å²) < 4.78 is 5.15. The van der Waals surface area contributed by atoms with Crippen LogP contribution in [0.15, 0.2) is 24.3 Å².